The Morgan fingerprint density at radius 3 is 2.86 bits per heavy atom. The molecule has 2 aromatic rings. The molecular formula is C13H13F2N3O2S. The van der Waals surface area contributed by atoms with Gasteiger partial charge in [-0.15, -0.1) is 0 Å². The molecule has 0 aliphatic carbocycles. The number of carbonyl (C=O) groups is 1. The highest BCUT2D eigenvalue weighted by Gasteiger charge is 2.19. The van der Waals surface area contributed by atoms with E-state index in [0.717, 1.165) is 0 Å². The molecule has 5 nitrogen and oxygen atoms in total. The molecule has 0 aliphatic rings. The van der Waals surface area contributed by atoms with Crippen LogP contribution in [0.15, 0.2) is 35.5 Å². The Hall–Kier alpha value is -2.09. The van der Waals surface area contributed by atoms with Gasteiger partial charge in [0, 0.05) is 4.90 Å². The smallest absolute Gasteiger partial charge is 0.360 e. The van der Waals surface area contributed by atoms with E-state index < -0.39 is 11.7 Å². The summed E-state index contributed by atoms with van der Waals surface area (Å²) in [6.07, 6.45) is 1.31. The van der Waals surface area contributed by atoms with Crippen LogP contribution in [0.1, 0.15) is 17.4 Å². The third-order valence-electron chi connectivity index (χ3n) is 2.61. The quantitative estimate of drug-likeness (QED) is 0.679. The molecule has 0 saturated carbocycles. The van der Waals surface area contributed by atoms with Crippen LogP contribution in [0.3, 0.4) is 0 Å². The number of halogens is 2. The first-order chi connectivity index (χ1) is 10.0. The summed E-state index contributed by atoms with van der Waals surface area (Å²) in [5.74, 6) is -3.15. The monoisotopic (exact) mass is 313 g/mol. The lowest BCUT2D eigenvalue weighted by Gasteiger charge is -2.11. The molecule has 1 heterocycles. The summed E-state index contributed by atoms with van der Waals surface area (Å²) in [6.45, 7) is 1.86. The van der Waals surface area contributed by atoms with Crippen LogP contribution >= 0.6 is 11.8 Å². The lowest BCUT2D eigenvalue weighted by Crippen LogP contribution is -2.09. The van der Waals surface area contributed by atoms with E-state index in [9.17, 15) is 13.6 Å². The Morgan fingerprint density at radius 2 is 2.19 bits per heavy atom. The first-order valence-corrected chi connectivity index (χ1v) is 6.96. The van der Waals surface area contributed by atoms with Crippen molar-refractivity contribution in [2.75, 3.05) is 12.3 Å². The fourth-order valence-electron chi connectivity index (χ4n) is 1.76. The lowest BCUT2D eigenvalue weighted by atomic mass is 10.3. The number of nitrogens with two attached hydrogens (primary N) is 1. The molecule has 0 spiro atoms. The highest BCUT2D eigenvalue weighted by atomic mass is 32.2. The first-order valence-electron chi connectivity index (χ1n) is 6.08. The van der Waals surface area contributed by atoms with E-state index in [1.54, 1.807) is 31.2 Å². The zero-order chi connectivity index (χ0) is 15.4. The number of ether oxygens (including phenoxy) is 1. The van der Waals surface area contributed by atoms with Gasteiger partial charge in [0.2, 0.25) is 0 Å². The average Bonchev–Trinajstić information content (AvgIpc) is 2.81. The molecule has 2 N–H and O–H groups in total. The van der Waals surface area contributed by atoms with Gasteiger partial charge in [0.1, 0.15) is 12.1 Å². The molecule has 0 atom stereocenters. The predicted molar refractivity (Wildman–Crippen MR) is 75.8 cm³/mol. The number of para-hydroxylation sites is 1. The minimum absolute atomic E-state index is 0.0336. The summed E-state index contributed by atoms with van der Waals surface area (Å²) in [6, 6.07) is 6.51. The first kappa shape index (κ1) is 15.3. The van der Waals surface area contributed by atoms with Crippen LogP contribution in [-0.2, 0) is 4.74 Å². The number of carbonyl (C=O) groups excluding carboxylic acids is 1. The highest BCUT2D eigenvalue weighted by molar-refractivity contribution is 7.99. The van der Waals surface area contributed by atoms with Gasteiger partial charge >= 0.3 is 5.97 Å². The van der Waals surface area contributed by atoms with E-state index >= 15 is 0 Å². The summed E-state index contributed by atoms with van der Waals surface area (Å²) in [5, 5.41) is 0. The molecule has 0 fully saturated rings. The van der Waals surface area contributed by atoms with Crippen LogP contribution in [0.4, 0.5) is 14.6 Å². The maximum atomic E-state index is 12.6. The summed E-state index contributed by atoms with van der Waals surface area (Å²) in [4.78, 5) is 15.9. The van der Waals surface area contributed by atoms with E-state index in [0.29, 0.717) is 22.3 Å². The maximum absolute atomic E-state index is 12.6. The summed E-state index contributed by atoms with van der Waals surface area (Å²) in [7, 11) is 0. The number of thioether (sulfide) groups is 1. The second kappa shape index (κ2) is 6.57. The summed E-state index contributed by atoms with van der Waals surface area (Å²) < 4.78 is 31.4. The minimum atomic E-state index is -2.56. The van der Waals surface area contributed by atoms with Gasteiger partial charge in [-0.25, -0.2) is 9.78 Å². The number of alkyl halides is 2. The van der Waals surface area contributed by atoms with Crippen LogP contribution in [-0.4, -0.2) is 27.9 Å². The summed E-state index contributed by atoms with van der Waals surface area (Å²) in [5.41, 5.74) is 6.27. The molecule has 0 aliphatic heterocycles. The van der Waals surface area contributed by atoms with Gasteiger partial charge in [0.25, 0.3) is 5.76 Å². The number of nitrogen functional groups attached to an aromatic ring is 1. The number of imidazole rings is 1. The number of nitrogens with zero attached hydrogens (tertiary/aromatic N) is 2. The Kier molecular flexibility index (Phi) is 4.79. The highest BCUT2D eigenvalue weighted by Crippen LogP contribution is 2.32. The number of anilines is 1. The fraction of sp³-hybridized carbons (Fsp3) is 0.231. The molecule has 8 heteroatoms. The normalized spacial score (nSPS) is 10.9. The van der Waals surface area contributed by atoms with Gasteiger partial charge in [0.05, 0.1) is 12.3 Å². The lowest BCUT2D eigenvalue weighted by molar-refractivity contribution is 0.0521. The SMILES string of the molecule is CCOC(=O)c1ncn(-c2ccccc2SC(F)F)c1N. The molecule has 21 heavy (non-hydrogen) atoms. The van der Waals surface area contributed by atoms with E-state index in [1.807, 2.05) is 0 Å². The van der Waals surface area contributed by atoms with Crippen molar-refractivity contribution in [1.82, 2.24) is 9.55 Å². The average molecular weight is 313 g/mol. The number of aromatic nitrogens is 2. The molecule has 0 amide bonds. The molecule has 112 valence electrons. The number of hydrogen-bond donors (Lipinski definition) is 1. The third kappa shape index (κ3) is 3.33. The zero-order valence-corrected chi connectivity index (χ0v) is 11.9. The molecule has 0 bridgehead atoms. The Bertz CT molecular complexity index is 646. The van der Waals surface area contributed by atoms with Crippen LogP contribution in [0.5, 0.6) is 0 Å². The molecule has 1 aromatic carbocycles. The van der Waals surface area contributed by atoms with Crippen molar-refractivity contribution >= 4 is 23.5 Å². The number of esters is 1. The Labute approximate surface area is 124 Å². The standard InChI is InChI=1S/C13H13F2N3O2S/c1-2-20-12(19)10-11(16)18(7-17-10)8-5-3-4-6-9(8)21-13(14)15/h3-7,13H,2,16H2,1H3. The van der Waals surface area contributed by atoms with Gasteiger partial charge in [-0.05, 0) is 19.1 Å². The fourth-order valence-corrected chi connectivity index (χ4v) is 2.39. The molecule has 1 aromatic heterocycles. The van der Waals surface area contributed by atoms with E-state index in [-0.39, 0.29) is 18.1 Å². The predicted octanol–water partition coefficient (Wildman–Crippen LogP) is 2.95. The van der Waals surface area contributed by atoms with Gasteiger partial charge < -0.3 is 10.5 Å². The molecule has 2 rings (SSSR count). The van der Waals surface area contributed by atoms with Crippen molar-refractivity contribution in [1.29, 1.82) is 0 Å². The van der Waals surface area contributed by atoms with E-state index in [4.69, 9.17) is 10.5 Å². The van der Waals surface area contributed by atoms with Crippen molar-refractivity contribution in [3.8, 4) is 5.69 Å². The van der Waals surface area contributed by atoms with Crippen molar-refractivity contribution in [2.45, 2.75) is 17.6 Å². The maximum Gasteiger partial charge on any atom is 0.360 e. The van der Waals surface area contributed by atoms with Crippen molar-refractivity contribution in [2.24, 2.45) is 0 Å². The van der Waals surface area contributed by atoms with Gasteiger partial charge in [-0.1, -0.05) is 23.9 Å². The minimum Gasteiger partial charge on any atom is -0.461 e. The second-order valence-electron chi connectivity index (χ2n) is 3.92. The topological polar surface area (TPSA) is 70.1 Å². The summed E-state index contributed by atoms with van der Waals surface area (Å²) >= 11 is 0.403. The van der Waals surface area contributed by atoms with Crippen molar-refractivity contribution in [3.63, 3.8) is 0 Å². The van der Waals surface area contributed by atoms with E-state index in [1.165, 1.54) is 10.9 Å². The van der Waals surface area contributed by atoms with Crippen LogP contribution < -0.4 is 5.73 Å². The van der Waals surface area contributed by atoms with E-state index in [2.05, 4.69) is 4.98 Å². The number of rotatable bonds is 5. The van der Waals surface area contributed by atoms with Gasteiger partial charge in [-0.3, -0.25) is 4.57 Å². The molecule has 0 radical (unpaired) electrons. The molecular weight excluding hydrogens is 300 g/mol. The van der Waals surface area contributed by atoms with Gasteiger partial charge in [-0.2, -0.15) is 8.78 Å². The van der Waals surface area contributed by atoms with Crippen molar-refractivity contribution < 1.29 is 18.3 Å². The third-order valence-corrected chi connectivity index (χ3v) is 3.39. The van der Waals surface area contributed by atoms with Crippen LogP contribution in [0.25, 0.3) is 5.69 Å². The largest absolute Gasteiger partial charge is 0.461 e. The van der Waals surface area contributed by atoms with Crippen molar-refractivity contribution in [3.05, 3.63) is 36.3 Å². The number of benzene rings is 1. The Morgan fingerprint density at radius 1 is 1.48 bits per heavy atom. The van der Waals surface area contributed by atoms with Crippen LogP contribution in [0.2, 0.25) is 0 Å². The van der Waals surface area contributed by atoms with Crippen LogP contribution in [0, 0.1) is 0 Å². The molecule has 0 saturated heterocycles. The molecule has 0 unspecified atom stereocenters. The second-order valence-corrected chi connectivity index (χ2v) is 4.95. The Balaban J connectivity index is 2.42. The number of hydrogen-bond acceptors (Lipinski definition) is 5. The zero-order valence-electron chi connectivity index (χ0n) is 11.1. The van der Waals surface area contributed by atoms with Gasteiger partial charge in [0.15, 0.2) is 5.69 Å².